The van der Waals surface area contributed by atoms with Gasteiger partial charge in [0.25, 0.3) is 0 Å². The van der Waals surface area contributed by atoms with Crippen molar-refractivity contribution in [2.45, 2.75) is 19.5 Å². The Morgan fingerprint density at radius 1 is 1.31 bits per heavy atom. The van der Waals surface area contributed by atoms with E-state index in [1.165, 1.54) is 16.0 Å². The summed E-state index contributed by atoms with van der Waals surface area (Å²) in [6.45, 7) is 1.84. The predicted octanol–water partition coefficient (Wildman–Crippen LogP) is 1.10. The molecule has 2 aromatic heterocycles. The van der Waals surface area contributed by atoms with Crippen LogP contribution in [0.1, 0.15) is 18.5 Å². The molecule has 4 rings (SSSR count). The molecule has 1 aliphatic heterocycles. The molecule has 0 radical (unpaired) electrons. The van der Waals surface area contributed by atoms with Gasteiger partial charge < -0.3 is 14.8 Å². The Kier molecular flexibility index (Phi) is 4.17. The summed E-state index contributed by atoms with van der Waals surface area (Å²) in [5.74, 6) is 0.998. The Hall–Kier alpha value is -3.14. The fourth-order valence-corrected chi connectivity index (χ4v) is 3.26. The minimum atomic E-state index is -0.460. The molecule has 0 spiro atoms. The van der Waals surface area contributed by atoms with Gasteiger partial charge in [0.15, 0.2) is 11.5 Å². The maximum Gasteiger partial charge on any atom is 0.369 e. The molecule has 1 atom stereocenters. The lowest BCUT2D eigenvalue weighted by atomic mass is 10.1. The number of carbonyl (C=O) groups excluding carboxylic acids is 1. The van der Waals surface area contributed by atoms with Gasteiger partial charge in [0.05, 0.1) is 6.04 Å². The highest BCUT2D eigenvalue weighted by Crippen LogP contribution is 2.34. The van der Waals surface area contributed by atoms with E-state index in [2.05, 4.69) is 15.7 Å². The molecule has 0 saturated heterocycles. The first kappa shape index (κ1) is 16.3. The van der Waals surface area contributed by atoms with E-state index in [-0.39, 0.29) is 25.3 Å². The number of thiophene rings is 1. The molecule has 0 bridgehead atoms. The van der Waals surface area contributed by atoms with E-state index >= 15 is 0 Å². The number of aromatic nitrogens is 4. The molecule has 10 heteroatoms. The van der Waals surface area contributed by atoms with Gasteiger partial charge in [-0.3, -0.25) is 4.79 Å². The Balaban J connectivity index is 1.43. The maximum atomic E-state index is 12.3. The number of fused-ring (bicyclic) bond motifs is 1. The molecule has 1 N–H and O–H groups in total. The number of nitrogens with zero attached hydrogens (tertiary/aromatic N) is 4. The lowest BCUT2D eigenvalue weighted by Gasteiger charge is -2.14. The highest BCUT2D eigenvalue weighted by atomic mass is 32.1. The second-order valence-corrected chi connectivity index (χ2v) is 6.61. The Labute approximate surface area is 151 Å². The fourth-order valence-electron chi connectivity index (χ4n) is 2.59. The first-order chi connectivity index (χ1) is 12.6. The number of rotatable bonds is 5. The number of amides is 1. The van der Waals surface area contributed by atoms with E-state index < -0.39 is 5.69 Å². The second-order valence-electron chi connectivity index (χ2n) is 5.68. The third kappa shape index (κ3) is 3.06. The van der Waals surface area contributed by atoms with E-state index in [0.717, 1.165) is 10.2 Å². The van der Waals surface area contributed by atoms with Crippen LogP contribution in [0.4, 0.5) is 0 Å². The van der Waals surface area contributed by atoms with Crippen LogP contribution in [0.25, 0.3) is 5.00 Å². The van der Waals surface area contributed by atoms with Crippen LogP contribution in [0.5, 0.6) is 11.5 Å². The Morgan fingerprint density at radius 2 is 2.15 bits per heavy atom. The third-order valence-corrected chi connectivity index (χ3v) is 4.77. The van der Waals surface area contributed by atoms with Crippen molar-refractivity contribution in [3.05, 3.63) is 51.8 Å². The molecule has 3 aromatic rings. The summed E-state index contributed by atoms with van der Waals surface area (Å²) in [6, 6.07) is 8.79. The molecule has 0 fully saturated rings. The van der Waals surface area contributed by atoms with Crippen LogP contribution in [0.2, 0.25) is 0 Å². The summed E-state index contributed by atoms with van der Waals surface area (Å²) in [7, 11) is 0. The summed E-state index contributed by atoms with van der Waals surface area (Å²) >= 11 is 1.36. The average Bonchev–Trinajstić information content (AvgIpc) is 3.36. The zero-order valence-electron chi connectivity index (χ0n) is 13.8. The number of ether oxygens (including phenoxy) is 2. The number of benzene rings is 1. The normalized spacial score (nSPS) is 13.6. The molecule has 1 aromatic carbocycles. The summed E-state index contributed by atoms with van der Waals surface area (Å²) in [5.41, 5.74) is 0.413. The first-order valence-corrected chi connectivity index (χ1v) is 8.75. The summed E-state index contributed by atoms with van der Waals surface area (Å²) < 4.78 is 12.8. The van der Waals surface area contributed by atoms with Gasteiger partial charge in [0.1, 0.15) is 11.5 Å². The van der Waals surface area contributed by atoms with Crippen molar-refractivity contribution in [3.8, 4) is 16.5 Å². The number of carbonyl (C=O) groups is 1. The molecule has 0 aliphatic carbocycles. The molecule has 1 aliphatic rings. The number of nitrogens with one attached hydrogen (secondary N) is 1. The van der Waals surface area contributed by atoms with E-state index in [0.29, 0.717) is 16.5 Å². The summed E-state index contributed by atoms with van der Waals surface area (Å²) in [5, 5.41) is 12.9. The molecule has 9 nitrogen and oxygen atoms in total. The van der Waals surface area contributed by atoms with E-state index in [1.54, 1.807) is 12.1 Å². The predicted molar refractivity (Wildman–Crippen MR) is 92.6 cm³/mol. The number of hydrogen-bond donors (Lipinski definition) is 1. The SMILES string of the molecule is CC(NC(=O)Cn1nnn(-c2cccs2)c1=O)c1ccc2c(c1)OCO2. The van der Waals surface area contributed by atoms with Gasteiger partial charge in [-0.15, -0.1) is 11.3 Å². The zero-order chi connectivity index (χ0) is 18.1. The van der Waals surface area contributed by atoms with Gasteiger partial charge in [-0.2, -0.15) is 9.36 Å². The van der Waals surface area contributed by atoms with Crippen molar-refractivity contribution in [2.75, 3.05) is 6.79 Å². The van der Waals surface area contributed by atoms with Crippen LogP contribution in [0.3, 0.4) is 0 Å². The van der Waals surface area contributed by atoms with Crippen molar-refractivity contribution in [3.63, 3.8) is 0 Å². The van der Waals surface area contributed by atoms with Gasteiger partial charge in [-0.1, -0.05) is 6.07 Å². The van der Waals surface area contributed by atoms with Gasteiger partial charge in [-0.25, -0.2) is 4.79 Å². The van der Waals surface area contributed by atoms with Crippen LogP contribution in [0, 0.1) is 0 Å². The molecule has 0 saturated carbocycles. The lowest BCUT2D eigenvalue weighted by molar-refractivity contribution is -0.122. The molecule has 134 valence electrons. The molecular formula is C16H15N5O4S. The van der Waals surface area contributed by atoms with Crippen molar-refractivity contribution in [1.82, 2.24) is 25.1 Å². The zero-order valence-corrected chi connectivity index (χ0v) is 14.6. The minimum Gasteiger partial charge on any atom is -0.454 e. The fraction of sp³-hybridized carbons (Fsp3) is 0.250. The van der Waals surface area contributed by atoms with E-state index in [1.807, 2.05) is 30.5 Å². The van der Waals surface area contributed by atoms with Crippen molar-refractivity contribution in [2.24, 2.45) is 0 Å². The van der Waals surface area contributed by atoms with Gasteiger partial charge in [0.2, 0.25) is 12.7 Å². The van der Waals surface area contributed by atoms with Crippen LogP contribution < -0.4 is 20.5 Å². The molecular weight excluding hydrogens is 358 g/mol. The highest BCUT2D eigenvalue weighted by Gasteiger charge is 2.18. The van der Waals surface area contributed by atoms with E-state index in [9.17, 15) is 9.59 Å². The molecule has 1 amide bonds. The number of tetrazole rings is 1. The standard InChI is InChI=1S/C16H15N5O4S/c1-10(11-4-5-12-13(7-11)25-9-24-12)17-14(22)8-20-16(23)21(19-18-20)15-3-2-6-26-15/h2-7,10H,8-9H2,1H3,(H,17,22). The minimum absolute atomic E-state index is 0.197. The van der Waals surface area contributed by atoms with Crippen molar-refractivity contribution in [1.29, 1.82) is 0 Å². The number of hydrogen-bond acceptors (Lipinski definition) is 7. The molecule has 3 heterocycles. The summed E-state index contributed by atoms with van der Waals surface area (Å²) in [4.78, 5) is 24.6. The van der Waals surface area contributed by atoms with E-state index in [4.69, 9.17) is 9.47 Å². The highest BCUT2D eigenvalue weighted by molar-refractivity contribution is 7.12. The maximum absolute atomic E-state index is 12.3. The van der Waals surface area contributed by atoms with Crippen molar-refractivity contribution >= 4 is 17.2 Å². The van der Waals surface area contributed by atoms with Crippen LogP contribution in [-0.2, 0) is 11.3 Å². The smallest absolute Gasteiger partial charge is 0.369 e. The van der Waals surface area contributed by atoms with Crippen LogP contribution in [0.15, 0.2) is 40.5 Å². The average molecular weight is 373 g/mol. The quantitative estimate of drug-likeness (QED) is 0.719. The van der Waals surface area contributed by atoms with Gasteiger partial charge in [0, 0.05) is 0 Å². The first-order valence-electron chi connectivity index (χ1n) is 7.87. The third-order valence-electron chi connectivity index (χ3n) is 3.92. The van der Waals surface area contributed by atoms with Gasteiger partial charge in [-0.05, 0) is 52.6 Å². The Bertz CT molecular complexity index is 994. The lowest BCUT2D eigenvalue weighted by Crippen LogP contribution is -2.34. The topological polar surface area (TPSA) is 100 Å². The Morgan fingerprint density at radius 3 is 2.96 bits per heavy atom. The second kappa shape index (κ2) is 6.64. The molecule has 26 heavy (non-hydrogen) atoms. The molecule has 1 unspecified atom stereocenters. The largest absolute Gasteiger partial charge is 0.454 e. The van der Waals surface area contributed by atoms with Gasteiger partial charge >= 0.3 is 5.69 Å². The van der Waals surface area contributed by atoms with Crippen LogP contribution in [-0.4, -0.2) is 32.5 Å². The summed E-state index contributed by atoms with van der Waals surface area (Å²) in [6.07, 6.45) is 0. The monoisotopic (exact) mass is 373 g/mol. The van der Waals surface area contributed by atoms with Crippen LogP contribution >= 0.6 is 11.3 Å². The van der Waals surface area contributed by atoms with Crippen molar-refractivity contribution < 1.29 is 14.3 Å².